The van der Waals surface area contributed by atoms with E-state index in [9.17, 15) is 4.57 Å². The minimum absolute atomic E-state index is 0.138. The molecule has 0 bridgehead atoms. The topological polar surface area (TPSA) is 85.2 Å². The highest BCUT2D eigenvalue weighted by Crippen LogP contribution is 2.38. The van der Waals surface area contributed by atoms with E-state index in [1.54, 1.807) is 7.11 Å². The Morgan fingerprint density at radius 3 is 2.78 bits per heavy atom. The molecule has 6 nitrogen and oxygen atoms in total. The van der Waals surface area contributed by atoms with Crippen LogP contribution in [0, 0.1) is 0 Å². The molecular formula is C10H20BO6P. The summed E-state index contributed by atoms with van der Waals surface area (Å²) in [5, 5.41) is 0. The highest BCUT2D eigenvalue weighted by molar-refractivity contribution is 7.55. The Kier molecular flexibility index (Phi) is 5.58. The van der Waals surface area contributed by atoms with Gasteiger partial charge >= 0.3 is 7.60 Å². The quantitative estimate of drug-likeness (QED) is 0.399. The summed E-state index contributed by atoms with van der Waals surface area (Å²) in [6.07, 6.45) is 1.64. The lowest BCUT2D eigenvalue weighted by Crippen LogP contribution is -2.39. The SMILES string of the molecule is B[C@@H]1O[C@H](/C=C/P(=O)(O)O)C[C@@]1(C)OCCOC. The first-order valence-corrected chi connectivity index (χ1v) is 7.48. The van der Waals surface area contributed by atoms with E-state index in [-0.39, 0.29) is 12.1 Å². The number of ether oxygens (including phenoxy) is 3. The summed E-state index contributed by atoms with van der Waals surface area (Å²) in [6.45, 7) is 2.90. The minimum Gasteiger partial charge on any atom is -0.382 e. The number of rotatable bonds is 6. The average Bonchev–Trinajstić information content (AvgIpc) is 2.52. The van der Waals surface area contributed by atoms with Crippen molar-refractivity contribution in [2.45, 2.75) is 31.1 Å². The van der Waals surface area contributed by atoms with Gasteiger partial charge in [0.25, 0.3) is 0 Å². The maximum absolute atomic E-state index is 10.7. The first-order chi connectivity index (χ1) is 8.27. The smallest absolute Gasteiger partial charge is 0.348 e. The second-order valence-electron chi connectivity index (χ2n) is 4.61. The van der Waals surface area contributed by atoms with Crippen LogP contribution >= 0.6 is 7.60 Å². The highest BCUT2D eigenvalue weighted by Gasteiger charge is 2.42. The molecule has 1 aliphatic rings. The number of hydrogen-bond acceptors (Lipinski definition) is 4. The summed E-state index contributed by atoms with van der Waals surface area (Å²) in [5.41, 5.74) is -0.456. The van der Waals surface area contributed by atoms with Crippen molar-refractivity contribution in [3.63, 3.8) is 0 Å². The van der Waals surface area contributed by atoms with Crippen LogP contribution < -0.4 is 0 Å². The fourth-order valence-electron chi connectivity index (χ4n) is 1.88. The van der Waals surface area contributed by atoms with Crippen molar-refractivity contribution in [2.24, 2.45) is 0 Å². The van der Waals surface area contributed by atoms with Gasteiger partial charge in [-0.1, -0.05) is 0 Å². The molecule has 0 amide bonds. The lowest BCUT2D eigenvalue weighted by Gasteiger charge is -2.27. The molecule has 0 aliphatic carbocycles. The van der Waals surface area contributed by atoms with E-state index in [0.29, 0.717) is 19.6 Å². The van der Waals surface area contributed by atoms with Gasteiger partial charge in [-0.05, 0) is 13.0 Å². The normalized spacial score (nSPS) is 33.3. The molecule has 0 aromatic heterocycles. The third kappa shape index (κ3) is 4.84. The lowest BCUT2D eigenvalue weighted by atomic mass is 9.83. The third-order valence-electron chi connectivity index (χ3n) is 3.06. The van der Waals surface area contributed by atoms with Crippen molar-refractivity contribution < 1.29 is 28.6 Å². The van der Waals surface area contributed by atoms with Crippen LogP contribution in [0.2, 0.25) is 0 Å². The molecule has 1 fully saturated rings. The van der Waals surface area contributed by atoms with Crippen molar-refractivity contribution in [2.75, 3.05) is 20.3 Å². The average molecular weight is 278 g/mol. The molecule has 2 N–H and O–H groups in total. The maximum Gasteiger partial charge on any atom is 0.348 e. The van der Waals surface area contributed by atoms with Crippen molar-refractivity contribution in [3.8, 4) is 0 Å². The summed E-state index contributed by atoms with van der Waals surface area (Å²) in [7, 11) is -0.637. The molecule has 0 aromatic carbocycles. The largest absolute Gasteiger partial charge is 0.382 e. The molecule has 0 spiro atoms. The minimum atomic E-state index is -4.13. The first-order valence-electron chi connectivity index (χ1n) is 5.80. The van der Waals surface area contributed by atoms with Gasteiger partial charge in [0.2, 0.25) is 0 Å². The van der Waals surface area contributed by atoms with E-state index in [0.717, 1.165) is 5.82 Å². The summed E-state index contributed by atoms with van der Waals surface area (Å²) >= 11 is 0. The van der Waals surface area contributed by atoms with E-state index in [1.807, 2.05) is 14.8 Å². The van der Waals surface area contributed by atoms with Crippen LogP contribution in [0.15, 0.2) is 11.9 Å². The zero-order chi connectivity index (χ0) is 13.8. The van der Waals surface area contributed by atoms with E-state index in [1.165, 1.54) is 6.08 Å². The third-order valence-corrected chi connectivity index (χ3v) is 3.62. The van der Waals surface area contributed by atoms with Crippen LogP contribution in [0.1, 0.15) is 13.3 Å². The standard InChI is InChI=1S/C10H20BO6P/c1-10(16-5-4-15-2)7-8(17-9(10)11)3-6-18(12,13)14/h3,6,8-9H,4-5,7,11H2,1-2H3,(H2,12,13,14)/b6-3+/t8-,9-,10-/m1/s1. The second kappa shape index (κ2) is 6.32. The van der Waals surface area contributed by atoms with Crippen LogP contribution in [0.25, 0.3) is 0 Å². The Bertz CT molecular complexity index is 343. The molecule has 1 rings (SSSR count). The van der Waals surface area contributed by atoms with Crippen LogP contribution in [-0.2, 0) is 18.8 Å². The van der Waals surface area contributed by atoms with Crippen LogP contribution in [0.4, 0.5) is 0 Å². The molecule has 1 saturated heterocycles. The van der Waals surface area contributed by atoms with Gasteiger partial charge in [0, 0.05) is 19.3 Å². The molecule has 3 atom stereocenters. The van der Waals surface area contributed by atoms with Gasteiger partial charge in [-0.3, -0.25) is 4.57 Å². The Balaban J connectivity index is 2.55. The summed E-state index contributed by atoms with van der Waals surface area (Å²) in [5.74, 6) is 0.880. The molecule has 0 unspecified atom stereocenters. The number of hydrogen-bond donors (Lipinski definition) is 2. The van der Waals surface area contributed by atoms with E-state index in [4.69, 9.17) is 24.0 Å². The van der Waals surface area contributed by atoms with E-state index in [2.05, 4.69) is 0 Å². The molecule has 1 heterocycles. The second-order valence-corrected chi connectivity index (χ2v) is 6.08. The monoisotopic (exact) mass is 278 g/mol. The molecule has 104 valence electrons. The highest BCUT2D eigenvalue weighted by atomic mass is 31.2. The predicted molar refractivity (Wildman–Crippen MR) is 69.2 cm³/mol. The Morgan fingerprint density at radius 1 is 1.56 bits per heavy atom. The Morgan fingerprint density at radius 2 is 2.22 bits per heavy atom. The summed E-state index contributed by atoms with van der Waals surface area (Å²) < 4.78 is 27.0. The molecule has 18 heavy (non-hydrogen) atoms. The molecule has 0 saturated carbocycles. The van der Waals surface area contributed by atoms with Crippen molar-refractivity contribution >= 4 is 15.4 Å². The van der Waals surface area contributed by atoms with E-state index < -0.39 is 13.2 Å². The fourth-order valence-corrected chi connectivity index (χ4v) is 2.29. The van der Waals surface area contributed by atoms with Crippen LogP contribution in [-0.4, -0.2) is 55.7 Å². The predicted octanol–water partition coefficient (Wildman–Crippen LogP) is -0.152. The van der Waals surface area contributed by atoms with Gasteiger partial charge < -0.3 is 24.0 Å². The summed E-state index contributed by atoms with van der Waals surface area (Å²) in [6, 6.07) is -0.138. The first kappa shape index (κ1) is 15.9. The van der Waals surface area contributed by atoms with Crippen LogP contribution in [0.5, 0.6) is 0 Å². The maximum atomic E-state index is 10.7. The van der Waals surface area contributed by atoms with Gasteiger partial charge in [-0.15, -0.1) is 0 Å². The molecular weight excluding hydrogens is 258 g/mol. The Labute approximate surface area is 108 Å². The van der Waals surface area contributed by atoms with Gasteiger partial charge in [0.05, 0.1) is 30.9 Å². The molecule has 0 aromatic rings. The summed E-state index contributed by atoms with van der Waals surface area (Å²) in [4.78, 5) is 17.5. The van der Waals surface area contributed by atoms with E-state index >= 15 is 0 Å². The van der Waals surface area contributed by atoms with Crippen LogP contribution in [0.3, 0.4) is 0 Å². The van der Waals surface area contributed by atoms with Crippen molar-refractivity contribution in [1.29, 1.82) is 0 Å². The van der Waals surface area contributed by atoms with Gasteiger partial charge in [-0.2, -0.15) is 0 Å². The Hall–Kier alpha value is -0.165. The zero-order valence-corrected chi connectivity index (χ0v) is 11.8. The molecule has 8 heteroatoms. The molecule has 1 aliphatic heterocycles. The van der Waals surface area contributed by atoms with Gasteiger partial charge in [0.1, 0.15) is 7.85 Å². The van der Waals surface area contributed by atoms with Gasteiger partial charge in [0.15, 0.2) is 0 Å². The van der Waals surface area contributed by atoms with Crippen molar-refractivity contribution in [1.82, 2.24) is 0 Å². The lowest BCUT2D eigenvalue weighted by molar-refractivity contribution is -0.0668. The number of methoxy groups -OCH3 is 1. The zero-order valence-electron chi connectivity index (χ0n) is 10.9. The van der Waals surface area contributed by atoms with Crippen molar-refractivity contribution in [3.05, 3.63) is 11.9 Å². The fraction of sp³-hybridized carbons (Fsp3) is 0.800. The van der Waals surface area contributed by atoms with Gasteiger partial charge in [-0.25, -0.2) is 0 Å². The molecule has 0 radical (unpaired) electrons.